The zero-order valence-electron chi connectivity index (χ0n) is 24.0. The maximum atomic E-state index is 14.3. The van der Waals surface area contributed by atoms with Gasteiger partial charge in [-0.05, 0) is 48.2 Å². The lowest BCUT2D eigenvalue weighted by Crippen LogP contribution is -2.53. The van der Waals surface area contributed by atoms with Crippen LogP contribution in [0.2, 0.25) is 0 Å². The highest BCUT2D eigenvalue weighted by atomic mass is 79.9. The molecule has 1 aliphatic heterocycles. The van der Waals surface area contributed by atoms with E-state index in [9.17, 15) is 18.0 Å². The smallest absolute Gasteiger partial charge is 0.244 e. The van der Waals surface area contributed by atoms with Gasteiger partial charge in [0, 0.05) is 30.0 Å². The molecule has 42 heavy (non-hydrogen) atoms. The number of amides is 2. The van der Waals surface area contributed by atoms with Crippen molar-refractivity contribution in [2.24, 2.45) is 5.92 Å². The highest BCUT2D eigenvalue weighted by Gasteiger charge is 2.34. The number of sulfonamides is 1. The first-order valence-electron chi connectivity index (χ1n) is 13.8. The Bertz CT molecular complexity index is 1500. The van der Waals surface area contributed by atoms with Crippen molar-refractivity contribution in [3.63, 3.8) is 0 Å². The largest absolute Gasteiger partial charge is 0.454 e. The fraction of sp³-hybridized carbons (Fsp3) is 0.355. The van der Waals surface area contributed by atoms with Crippen LogP contribution in [0, 0.1) is 5.92 Å². The monoisotopic (exact) mass is 657 g/mol. The topological polar surface area (TPSA) is 105 Å². The zero-order chi connectivity index (χ0) is 30.3. The minimum atomic E-state index is -3.88. The first-order valence-corrected chi connectivity index (χ1v) is 16.2. The number of benzene rings is 3. The molecule has 3 aromatic rings. The number of rotatable bonds is 13. The number of ether oxygens (including phenoxy) is 2. The molecule has 0 spiro atoms. The fourth-order valence-electron chi connectivity index (χ4n) is 4.57. The molecule has 224 valence electrons. The highest BCUT2D eigenvalue weighted by molar-refractivity contribution is 9.10. The molecular weight excluding hydrogens is 622 g/mol. The Morgan fingerprint density at radius 3 is 2.36 bits per heavy atom. The van der Waals surface area contributed by atoms with Gasteiger partial charge < -0.3 is 19.7 Å². The van der Waals surface area contributed by atoms with E-state index in [0.29, 0.717) is 18.0 Å². The van der Waals surface area contributed by atoms with Crippen molar-refractivity contribution in [3.05, 3.63) is 88.4 Å². The summed E-state index contributed by atoms with van der Waals surface area (Å²) < 4.78 is 39.4. The summed E-state index contributed by atoms with van der Waals surface area (Å²) in [7, 11) is -3.88. The quantitative estimate of drug-likeness (QED) is 0.285. The molecule has 1 heterocycles. The number of carbonyl (C=O) groups excluding carboxylic acids is 2. The van der Waals surface area contributed by atoms with Crippen LogP contribution in [0.1, 0.15) is 31.9 Å². The Morgan fingerprint density at radius 2 is 1.67 bits per heavy atom. The zero-order valence-corrected chi connectivity index (χ0v) is 26.4. The summed E-state index contributed by atoms with van der Waals surface area (Å²) in [5, 5.41) is 2.99. The number of carbonyl (C=O) groups is 2. The van der Waals surface area contributed by atoms with Crippen molar-refractivity contribution < 1.29 is 27.5 Å². The molecule has 0 unspecified atom stereocenters. The Labute approximate surface area is 256 Å². The van der Waals surface area contributed by atoms with Crippen molar-refractivity contribution >= 4 is 43.5 Å². The molecule has 9 nitrogen and oxygen atoms in total. The van der Waals surface area contributed by atoms with E-state index in [1.807, 2.05) is 68.4 Å². The first-order chi connectivity index (χ1) is 20.1. The Kier molecular flexibility index (Phi) is 10.5. The maximum Gasteiger partial charge on any atom is 0.244 e. The molecule has 0 radical (unpaired) electrons. The molecule has 3 aromatic carbocycles. The number of hydrogen-bond acceptors (Lipinski definition) is 6. The lowest BCUT2D eigenvalue weighted by molar-refractivity contribution is -0.140. The van der Waals surface area contributed by atoms with Crippen LogP contribution in [0.15, 0.2) is 77.3 Å². The van der Waals surface area contributed by atoms with Crippen LogP contribution in [0.3, 0.4) is 0 Å². The van der Waals surface area contributed by atoms with Gasteiger partial charge in [0.05, 0.1) is 11.4 Å². The van der Waals surface area contributed by atoms with Crippen LogP contribution in [0.25, 0.3) is 0 Å². The molecule has 1 N–H and O–H groups in total. The molecular formula is C31H36BrN3O6S. The number of anilines is 1. The number of nitrogens with one attached hydrogen (secondary N) is 1. The molecule has 2 amide bonds. The van der Waals surface area contributed by atoms with Gasteiger partial charge in [-0.3, -0.25) is 13.9 Å². The number of fused-ring (bicyclic) bond motifs is 1. The second kappa shape index (κ2) is 14.1. The number of nitrogens with zero attached hydrogens (tertiary/aromatic N) is 2. The molecule has 11 heteroatoms. The second-order valence-electron chi connectivity index (χ2n) is 10.4. The Morgan fingerprint density at radius 1 is 0.952 bits per heavy atom. The van der Waals surface area contributed by atoms with Crippen LogP contribution in [0.5, 0.6) is 11.5 Å². The van der Waals surface area contributed by atoms with Crippen LogP contribution >= 0.6 is 15.9 Å². The van der Waals surface area contributed by atoms with Gasteiger partial charge in [0.1, 0.15) is 12.6 Å². The highest BCUT2D eigenvalue weighted by Crippen LogP contribution is 2.36. The van der Waals surface area contributed by atoms with E-state index in [1.165, 1.54) is 11.8 Å². The number of hydrogen-bond donors (Lipinski definition) is 1. The summed E-state index contributed by atoms with van der Waals surface area (Å²) in [5.41, 5.74) is 1.95. The lowest BCUT2D eigenvalue weighted by Gasteiger charge is -2.34. The van der Waals surface area contributed by atoms with E-state index < -0.39 is 28.5 Å². The van der Waals surface area contributed by atoms with E-state index in [0.717, 1.165) is 19.9 Å². The van der Waals surface area contributed by atoms with Gasteiger partial charge in [-0.25, -0.2) is 8.42 Å². The average molecular weight is 659 g/mol. The van der Waals surface area contributed by atoms with Crippen molar-refractivity contribution in [1.29, 1.82) is 0 Å². The molecule has 1 aliphatic rings. The molecule has 0 aliphatic carbocycles. The molecule has 1 atom stereocenters. The summed E-state index contributed by atoms with van der Waals surface area (Å²) in [6.07, 6.45) is 0.259. The minimum Gasteiger partial charge on any atom is -0.454 e. The summed E-state index contributed by atoms with van der Waals surface area (Å²) in [6.45, 7) is 5.60. The SMILES string of the molecule is CCS(=O)(=O)N(CC(=O)N(Cc1cccc(Br)c1)[C@H](Cc1ccccc1)C(=O)NCC(C)C)c1ccc2c(c1)OCO2. The van der Waals surface area contributed by atoms with E-state index >= 15 is 0 Å². The predicted octanol–water partition coefficient (Wildman–Crippen LogP) is 4.75. The second-order valence-corrected chi connectivity index (χ2v) is 13.5. The molecule has 4 rings (SSSR count). The standard InChI is InChI=1S/C31H36BrN3O6S/c1-4-42(38,39)35(26-13-14-28-29(17-26)41-21-40-28)20-30(36)34(19-24-11-8-12-25(32)15-24)27(31(37)33-18-22(2)3)16-23-9-6-5-7-10-23/h5-15,17,22,27H,4,16,18-21H2,1-3H3,(H,33,37)/t27-/m1/s1. The van der Waals surface area contributed by atoms with Gasteiger partial charge in [0.2, 0.25) is 28.6 Å². The van der Waals surface area contributed by atoms with Gasteiger partial charge in [-0.2, -0.15) is 0 Å². The molecule has 0 aromatic heterocycles. The van der Waals surface area contributed by atoms with Gasteiger partial charge in [-0.15, -0.1) is 0 Å². The summed E-state index contributed by atoms with van der Waals surface area (Å²) in [5.74, 6) is 0.0750. The van der Waals surface area contributed by atoms with E-state index in [1.54, 1.807) is 18.2 Å². The lowest BCUT2D eigenvalue weighted by atomic mass is 10.0. The van der Waals surface area contributed by atoms with Gasteiger partial charge in [0.25, 0.3) is 0 Å². The maximum absolute atomic E-state index is 14.3. The fourth-order valence-corrected chi connectivity index (χ4v) is 6.07. The third-order valence-electron chi connectivity index (χ3n) is 6.82. The van der Waals surface area contributed by atoms with E-state index in [-0.39, 0.29) is 43.0 Å². The molecule has 0 saturated heterocycles. The normalized spacial score (nSPS) is 13.1. The molecule has 0 saturated carbocycles. The van der Waals surface area contributed by atoms with E-state index in [2.05, 4.69) is 21.2 Å². The third-order valence-corrected chi connectivity index (χ3v) is 9.06. The van der Waals surface area contributed by atoms with Gasteiger partial charge in [0.15, 0.2) is 11.5 Å². The third kappa shape index (κ3) is 8.04. The summed E-state index contributed by atoms with van der Waals surface area (Å²) >= 11 is 3.49. The van der Waals surface area contributed by atoms with Crippen LogP contribution < -0.4 is 19.1 Å². The van der Waals surface area contributed by atoms with Gasteiger partial charge in [-0.1, -0.05) is 72.2 Å². The Balaban J connectivity index is 1.74. The predicted molar refractivity (Wildman–Crippen MR) is 166 cm³/mol. The average Bonchev–Trinajstić information content (AvgIpc) is 3.45. The minimum absolute atomic E-state index is 0.0330. The van der Waals surface area contributed by atoms with Crippen LogP contribution in [-0.4, -0.2) is 56.8 Å². The van der Waals surface area contributed by atoms with Crippen molar-refractivity contribution in [1.82, 2.24) is 10.2 Å². The Hall–Kier alpha value is -3.57. The van der Waals surface area contributed by atoms with Crippen LogP contribution in [0.4, 0.5) is 5.69 Å². The molecule has 0 bridgehead atoms. The van der Waals surface area contributed by atoms with Crippen LogP contribution in [-0.2, 0) is 32.6 Å². The number of halogens is 1. The van der Waals surface area contributed by atoms with Crippen molar-refractivity contribution in [2.75, 3.05) is 29.9 Å². The first kappa shape index (κ1) is 31.4. The van der Waals surface area contributed by atoms with Gasteiger partial charge >= 0.3 is 0 Å². The summed E-state index contributed by atoms with van der Waals surface area (Å²) in [6, 6.07) is 20.8. The summed E-state index contributed by atoms with van der Waals surface area (Å²) in [4.78, 5) is 29.5. The molecule has 0 fully saturated rings. The van der Waals surface area contributed by atoms with E-state index in [4.69, 9.17) is 9.47 Å². The van der Waals surface area contributed by atoms with Crippen molar-refractivity contribution in [3.8, 4) is 11.5 Å². The van der Waals surface area contributed by atoms with Crippen molar-refractivity contribution in [2.45, 2.75) is 39.8 Å².